The van der Waals surface area contributed by atoms with E-state index in [2.05, 4.69) is 13.8 Å². The highest BCUT2D eigenvalue weighted by Gasteiger charge is 2.21. The van der Waals surface area contributed by atoms with Crippen LogP contribution in [0.4, 0.5) is 0 Å². The van der Waals surface area contributed by atoms with Gasteiger partial charge < -0.3 is 9.60 Å². The zero-order chi connectivity index (χ0) is 9.52. The quantitative estimate of drug-likeness (QED) is 0.578. The van der Waals surface area contributed by atoms with Gasteiger partial charge in [0.2, 0.25) is 0 Å². The summed E-state index contributed by atoms with van der Waals surface area (Å²) in [6, 6.07) is 0. The van der Waals surface area contributed by atoms with Gasteiger partial charge in [-0.25, -0.2) is 0 Å². The first-order valence-electron chi connectivity index (χ1n) is 6.20. The predicted octanol–water partition coefficient (Wildman–Crippen LogP) is -1.11. The summed E-state index contributed by atoms with van der Waals surface area (Å²) in [5.74, 6) is 1.05. The van der Waals surface area contributed by atoms with Crippen molar-refractivity contribution in [1.29, 1.82) is 0 Å². The molecule has 0 aromatic rings. The normalized spacial score (nSPS) is 27.0. The van der Waals surface area contributed by atoms with Crippen molar-refractivity contribution in [3.8, 4) is 0 Å². The van der Waals surface area contributed by atoms with Gasteiger partial charge in [0.15, 0.2) is 0 Å². The standard InChI is InChI=1S/C12H25N.FH/c1-3-5-7-12-8-6-10-13(11-12)9-4-2;/h12H,3-11H2,1-2H3;1H. The third-order valence-electron chi connectivity index (χ3n) is 3.29. The van der Waals surface area contributed by atoms with E-state index >= 15 is 0 Å². The average Bonchev–Trinajstić information content (AvgIpc) is 2.16. The molecular weight excluding hydrogens is 177 g/mol. The summed E-state index contributed by atoms with van der Waals surface area (Å²) in [5.41, 5.74) is 0. The van der Waals surface area contributed by atoms with Crippen LogP contribution in [0.2, 0.25) is 0 Å². The molecule has 1 aliphatic heterocycles. The first-order chi connectivity index (χ1) is 6.36. The Morgan fingerprint density at radius 2 is 2.00 bits per heavy atom. The zero-order valence-electron chi connectivity index (χ0n) is 9.82. The van der Waals surface area contributed by atoms with Crippen molar-refractivity contribution in [3.63, 3.8) is 0 Å². The second kappa shape index (κ2) is 8.22. The molecule has 0 spiro atoms. The molecule has 14 heavy (non-hydrogen) atoms. The Bertz CT molecular complexity index is 125. The van der Waals surface area contributed by atoms with Crippen molar-refractivity contribution >= 4 is 0 Å². The Morgan fingerprint density at radius 1 is 1.21 bits per heavy atom. The van der Waals surface area contributed by atoms with Gasteiger partial charge in [-0.15, -0.1) is 0 Å². The zero-order valence-corrected chi connectivity index (χ0v) is 9.82. The van der Waals surface area contributed by atoms with Crippen molar-refractivity contribution in [3.05, 3.63) is 0 Å². The number of halogens is 1. The first-order valence-corrected chi connectivity index (χ1v) is 6.20. The fourth-order valence-electron chi connectivity index (χ4n) is 2.57. The number of likely N-dealkylation sites (tertiary alicyclic amines) is 1. The van der Waals surface area contributed by atoms with Crippen LogP contribution in [0.25, 0.3) is 0 Å². The van der Waals surface area contributed by atoms with Gasteiger partial charge in [-0.05, 0) is 25.7 Å². The van der Waals surface area contributed by atoms with E-state index in [1.165, 1.54) is 58.2 Å². The Morgan fingerprint density at radius 3 is 2.64 bits per heavy atom. The average molecular weight is 203 g/mol. The molecule has 1 fully saturated rings. The minimum Gasteiger partial charge on any atom is -1.00 e. The van der Waals surface area contributed by atoms with Crippen LogP contribution in [0.5, 0.6) is 0 Å². The molecule has 2 unspecified atom stereocenters. The summed E-state index contributed by atoms with van der Waals surface area (Å²) in [6.45, 7) is 8.93. The van der Waals surface area contributed by atoms with E-state index in [4.69, 9.17) is 0 Å². The topological polar surface area (TPSA) is 4.44 Å². The van der Waals surface area contributed by atoms with E-state index in [0.29, 0.717) is 0 Å². The molecule has 1 aliphatic rings. The Balaban J connectivity index is 0.00000169. The molecule has 1 nitrogen and oxygen atoms in total. The van der Waals surface area contributed by atoms with Crippen molar-refractivity contribution in [1.82, 2.24) is 0 Å². The van der Waals surface area contributed by atoms with Crippen molar-refractivity contribution in [2.75, 3.05) is 19.6 Å². The highest BCUT2D eigenvalue weighted by molar-refractivity contribution is 4.61. The second-order valence-corrected chi connectivity index (χ2v) is 4.60. The van der Waals surface area contributed by atoms with Gasteiger partial charge in [0.25, 0.3) is 0 Å². The van der Waals surface area contributed by atoms with E-state index < -0.39 is 0 Å². The van der Waals surface area contributed by atoms with Crippen LogP contribution in [0.15, 0.2) is 0 Å². The Labute approximate surface area is 88.2 Å². The maximum atomic E-state index is 2.31. The van der Waals surface area contributed by atoms with Crippen LogP contribution in [-0.4, -0.2) is 19.6 Å². The molecule has 2 heteroatoms. The summed E-state index contributed by atoms with van der Waals surface area (Å²) in [6.07, 6.45) is 8.65. The number of nitrogens with one attached hydrogen (secondary N) is 1. The predicted molar refractivity (Wildman–Crippen MR) is 58.1 cm³/mol. The summed E-state index contributed by atoms with van der Waals surface area (Å²) in [4.78, 5) is 1.87. The molecule has 1 rings (SSSR count). The molecule has 0 aromatic carbocycles. The summed E-state index contributed by atoms with van der Waals surface area (Å²) in [7, 11) is 0. The monoisotopic (exact) mass is 203 g/mol. The van der Waals surface area contributed by atoms with Gasteiger partial charge in [-0.1, -0.05) is 26.7 Å². The molecule has 86 valence electrons. The number of quaternary nitrogens is 1. The van der Waals surface area contributed by atoms with Crippen LogP contribution < -0.4 is 9.60 Å². The summed E-state index contributed by atoms with van der Waals surface area (Å²) < 4.78 is 0. The van der Waals surface area contributed by atoms with E-state index in [1.54, 1.807) is 0 Å². The molecule has 1 N–H and O–H groups in total. The maximum absolute atomic E-state index is 2.31. The highest BCUT2D eigenvalue weighted by atomic mass is 19.0. The number of piperidine rings is 1. The third kappa shape index (κ3) is 4.94. The van der Waals surface area contributed by atoms with Gasteiger partial charge in [0.1, 0.15) is 0 Å². The van der Waals surface area contributed by atoms with Crippen LogP contribution in [0.3, 0.4) is 0 Å². The highest BCUT2D eigenvalue weighted by Crippen LogP contribution is 2.14. The molecule has 0 saturated carbocycles. The number of rotatable bonds is 5. The van der Waals surface area contributed by atoms with Gasteiger partial charge in [0, 0.05) is 5.92 Å². The molecule has 0 radical (unpaired) electrons. The van der Waals surface area contributed by atoms with Crippen molar-refractivity contribution in [2.24, 2.45) is 5.92 Å². The van der Waals surface area contributed by atoms with Gasteiger partial charge in [-0.2, -0.15) is 0 Å². The molecule has 2 atom stereocenters. The van der Waals surface area contributed by atoms with Crippen LogP contribution in [0, 0.1) is 5.92 Å². The Kier molecular flexibility index (Phi) is 8.15. The minimum absolute atomic E-state index is 0. The van der Waals surface area contributed by atoms with Gasteiger partial charge >= 0.3 is 0 Å². The lowest BCUT2D eigenvalue weighted by Crippen LogP contribution is -3.13. The summed E-state index contributed by atoms with van der Waals surface area (Å²) in [5, 5.41) is 0. The first kappa shape index (κ1) is 13.9. The number of hydrogen-bond donors (Lipinski definition) is 1. The lowest BCUT2D eigenvalue weighted by atomic mass is 9.93. The van der Waals surface area contributed by atoms with Crippen molar-refractivity contribution < 1.29 is 9.60 Å². The van der Waals surface area contributed by atoms with Crippen molar-refractivity contribution in [2.45, 2.75) is 52.4 Å². The maximum Gasteiger partial charge on any atom is 0.0799 e. The second-order valence-electron chi connectivity index (χ2n) is 4.60. The minimum atomic E-state index is 0. The SMILES string of the molecule is CCCCC1CCC[NH+](CCC)C1.[F-]. The summed E-state index contributed by atoms with van der Waals surface area (Å²) >= 11 is 0. The van der Waals surface area contributed by atoms with E-state index in [0.717, 1.165) is 5.92 Å². The molecule has 1 heterocycles. The van der Waals surface area contributed by atoms with E-state index in [1.807, 2.05) is 4.90 Å². The van der Waals surface area contributed by atoms with Crippen LogP contribution in [0.1, 0.15) is 52.4 Å². The van der Waals surface area contributed by atoms with Gasteiger partial charge in [-0.3, -0.25) is 0 Å². The lowest BCUT2D eigenvalue weighted by Gasteiger charge is -2.29. The number of unbranched alkanes of at least 4 members (excludes halogenated alkanes) is 1. The fourth-order valence-corrected chi connectivity index (χ4v) is 2.57. The number of hydrogen-bond acceptors (Lipinski definition) is 0. The third-order valence-corrected chi connectivity index (χ3v) is 3.29. The van der Waals surface area contributed by atoms with E-state index in [-0.39, 0.29) is 4.70 Å². The molecule has 0 amide bonds. The molecule has 0 aliphatic carbocycles. The fraction of sp³-hybridized carbons (Fsp3) is 1.00. The van der Waals surface area contributed by atoms with Crippen LogP contribution in [-0.2, 0) is 0 Å². The Hall–Kier alpha value is -0.110. The largest absolute Gasteiger partial charge is 1.00 e. The molecule has 0 bridgehead atoms. The molecule has 0 aromatic heterocycles. The molecular formula is C12H26FN. The smallest absolute Gasteiger partial charge is 0.0799 e. The molecule has 1 saturated heterocycles. The van der Waals surface area contributed by atoms with Gasteiger partial charge in [0.05, 0.1) is 19.6 Å². The van der Waals surface area contributed by atoms with Crippen LogP contribution >= 0.6 is 0 Å². The van der Waals surface area contributed by atoms with E-state index in [9.17, 15) is 0 Å². The lowest BCUT2D eigenvalue weighted by molar-refractivity contribution is -0.908.